The maximum absolute atomic E-state index is 12.1. The molecule has 6 nitrogen and oxygen atoms in total. The van der Waals surface area contributed by atoms with Gasteiger partial charge >= 0.3 is 0 Å². The molecule has 1 aromatic carbocycles. The largest absolute Gasteiger partial charge is 0.496 e. The van der Waals surface area contributed by atoms with Crippen molar-refractivity contribution >= 4 is 29.3 Å². The van der Waals surface area contributed by atoms with E-state index in [9.17, 15) is 4.79 Å². The van der Waals surface area contributed by atoms with Gasteiger partial charge in [-0.15, -0.1) is 0 Å². The quantitative estimate of drug-likeness (QED) is 0.653. The van der Waals surface area contributed by atoms with Crippen LogP contribution < -0.4 is 10.1 Å². The van der Waals surface area contributed by atoms with Crippen LogP contribution in [0, 0.1) is 0 Å². The van der Waals surface area contributed by atoms with Gasteiger partial charge in [-0.1, -0.05) is 6.07 Å². The van der Waals surface area contributed by atoms with E-state index in [4.69, 9.17) is 21.7 Å². The fourth-order valence-electron chi connectivity index (χ4n) is 2.80. The molecule has 128 valence electrons. The van der Waals surface area contributed by atoms with Crippen molar-refractivity contribution in [1.82, 2.24) is 15.1 Å². The first-order valence-corrected chi connectivity index (χ1v) is 8.27. The standard InChI is InChI=1S/C17H21N3O3S/c1-19-16(21)14(18-17(19)24)10-12-3-4-15(22-2)13(9-12)11-20-5-7-23-8-6-20/h3-4,9-10H,5-8,11H2,1-2H3,(H,18,24)/b14-10+. The summed E-state index contributed by atoms with van der Waals surface area (Å²) < 4.78 is 10.9. The number of methoxy groups -OCH3 is 1. The van der Waals surface area contributed by atoms with Gasteiger partial charge in [-0.3, -0.25) is 14.6 Å². The molecule has 0 atom stereocenters. The molecule has 2 fully saturated rings. The van der Waals surface area contributed by atoms with Crippen molar-refractivity contribution in [2.75, 3.05) is 40.5 Å². The van der Waals surface area contributed by atoms with Gasteiger partial charge in [0.15, 0.2) is 5.11 Å². The van der Waals surface area contributed by atoms with Crippen LogP contribution in [0.2, 0.25) is 0 Å². The predicted octanol–water partition coefficient (Wildman–Crippen LogP) is 1.21. The Morgan fingerprint density at radius 3 is 2.75 bits per heavy atom. The normalized spacial score (nSPS) is 20.6. The Hall–Kier alpha value is -1.96. The molecular formula is C17H21N3O3S. The molecule has 7 heteroatoms. The molecule has 0 aromatic heterocycles. The number of amides is 1. The molecule has 0 radical (unpaired) electrons. The number of likely N-dealkylation sites (N-methyl/N-ethyl adjacent to an activating group) is 1. The SMILES string of the molecule is COc1ccc(/C=C2/NC(=S)N(C)C2=O)cc1CN1CCOCC1. The lowest BCUT2D eigenvalue weighted by Crippen LogP contribution is -2.35. The van der Waals surface area contributed by atoms with E-state index in [1.807, 2.05) is 18.2 Å². The number of thiocarbonyl (C=S) groups is 1. The van der Waals surface area contributed by atoms with E-state index in [0.29, 0.717) is 10.8 Å². The number of benzene rings is 1. The first kappa shape index (κ1) is 16.9. The van der Waals surface area contributed by atoms with Crippen molar-refractivity contribution in [3.8, 4) is 5.75 Å². The molecular weight excluding hydrogens is 326 g/mol. The van der Waals surface area contributed by atoms with Gasteiger partial charge in [0.1, 0.15) is 11.4 Å². The fourth-order valence-corrected chi connectivity index (χ4v) is 2.99. The highest BCUT2D eigenvalue weighted by Crippen LogP contribution is 2.24. The Morgan fingerprint density at radius 1 is 1.38 bits per heavy atom. The highest BCUT2D eigenvalue weighted by Gasteiger charge is 2.27. The van der Waals surface area contributed by atoms with E-state index < -0.39 is 0 Å². The van der Waals surface area contributed by atoms with Gasteiger partial charge in [-0.25, -0.2) is 0 Å². The molecule has 1 amide bonds. The van der Waals surface area contributed by atoms with Crippen LogP contribution in [0.15, 0.2) is 23.9 Å². The minimum Gasteiger partial charge on any atom is -0.496 e. The van der Waals surface area contributed by atoms with Crippen LogP contribution in [0.1, 0.15) is 11.1 Å². The fraction of sp³-hybridized carbons (Fsp3) is 0.412. The lowest BCUT2D eigenvalue weighted by Gasteiger charge is -2.27. The van der Waals surface area contributed by atoms with Crippen LogP contribution in [-0.4, -0.2) is 61.3 Å². The van der Waals surface area contributed by atoms with Crippen molar-refractivity contribution in [3.05, 3.63) is 35.0 Å². The van der Waals surface area contributed by atoms with E-state index in [1.54, 1.807) is 14.2 Å². The van der Waals surface area contributed by atoms with Crippen molar-refractivity contribution in [2.24, 2.45) is 0 Å². The second-order valence-electron chi connectivity index (χ2n) is 5.81. The third-order valence-corrected chi connectivity index (χ3v) is 4.57. The number of carbonyl (C=O) groups excluding carboxylic acids is 1. The van der Waals surface area contributed by atoms with E-state index in [2.05, 4.69) is 16.3 Å². The third kappa shape index (κ3) is 3.58. The van der Waals surface area contributed by atoms with Crippen LogP contribution in [0.3, 0.4) is 0 Å². The zero-order valence-electron chi connectivity index (χ0n) is 13.9. The number of nitrogens with zero attached hydrogens (tertiary/aromatic N) is 2. The molecule has 1 N–H and O–H groups in total. The minimum absolute atomic E-state index is 0.120. The summed E-state index contributed by atoms with van der Waals surface area (Å²) in [4.78, 5) is 15.9. The van der Waals surface area contributed by atoms with E-state index in [1.165, 1.54) is 4.90 Å². The molecule has 0 unspecified atom stereocenters. The smallest absolute Gasteiger partial charge is 0.276 e. The Labute approximate surface area is 147 Å². The second kappa shape index (κ2) is 7.29. The van der Waals surface area contributed by atoms with Crippen LogP contribution in [0.4, 0.5) is 0 Å². The van der Waals surface area contributed by atoms with Gasteiger partial charge in [0.25, 0.3) is 5.91 Å². The molecule has 3 rings (SSSR count). The zero-order chi connectivity index (χ0) is 17.1. The molecule has 2 aliphatic heterocycles. The highest BCUT2D eigenvalue weighted by molar-refractivity contribution is 7.80. The van der Waals surface area contributed by atoms with E-state index in [0.717, 1.165) is 49.7 Å². The van der Waals surface area contributed by atoms with Crippen molar-refractivity contribution in [3.63, 3.8) is 0 Å². The predicted molar refractivity (Wildman–Crippen MR) is 95.6 cm³/mol. The van der Waals surface area contributed by atoms with E-state index >= 15 is 0 Å². The second-order valence-corrected chi connectivity index (χ2v) is 6.20. The highest BCUT2D eigenvalue weighted by atomic mass is 32.1. The van der Waals surface area contributed by atoms with E-state index in [-0.39, 0.29) is 5.91 Å². The first-order chi connectivity index (χ1) is 11.6. The minimum atomic E-state index is -0.120. The zero-order valence-corrected chi connectivity index (χ0v) is 14.7. The number of ether oxygens (including phenoxy) is 2. The van der Waals surface area contributed by atoms with Gasteiger partial charge < -0.3 is 14.8 Å². The molecule has 0 bridgehead atoms. The number of carbonyl (C=O) groups is 1. The maximum Gasteiger partial charge on any atom is 0.276 e. The summed E-state index contributed by atoms with van der Waals surface area (Å²) in [7, 11) is 3.34. The molecule has 0 saturated carbocycles. The van der Waals surface area contributed by atoms with Crippen LogP contribution in [-0.2, 0) is 16.1 Å². The molecule has 2 aliphatic rings. The summed E-state index contributed by atoms with van der Waals surface area (Å²) in [6, 6.07) is 5.92. The topological polar surface area (TPSA) is 54.0 Å². The molecule has 0 aliphatic carbocycles. The summed E-state index contributed by atoms with van der Waals surface area (Å²) >= 11 is 5.10. The Balaban J connectivity index is 1.83. The Morgan fingerprint density at radius 2 is 2.12 bits per heavy atom. The summed E-state index contributed by atoms with van der Waals surface area (Å²) in [6.45, 7) is 4.13. The monoisotopic (exact) mass is 347 g/mol. The lowest BCUT2D eigenvalue weighted by molar-refractivity contribution is -0.121. The molecule has 2 saturated heterocycles. The number of rotatable bonds is 4. The van der Waals surface area contributed by atoms with Crippen LogP contribution in [0.25, 0.3) is 6.08 Å². The van der Waals surface area contributed by atoms with Gasteiger partial charge in [0.05, 0.1) is 20.3 Å². The summed E-state index contributed by atoms with van der Waals surface area (Å²) in [5.74, 6) is 0.729. The molecule has 2 heterocycles. The average Bonchev–Trinajstić information content (AvgIpc) is 2.83. The van der Waals surface area contributed by atoms with Crippen molar-refractivity contribution in [2.45, 2.75) is 6.54 Å². The molecule has 1 aromatic rings. The Kier molecular flexibility index (Phi) is 5.13. The summed E-state index contributed by atoms with van der Waals surface area (Å²) in [5.41, 5.74) is 2.52. The maximum atomic E-state index is 12.1. The van der Waals surface area contributed by atoms with Gasteiger partial charge in [-0.2, -0.15) is 0 Å². The first-order valence-electron chi connectivity index (χ1n) is 7.86. The number of nitrogens with one attached hydrogen (secondary N) is 1. The molecule has 24 heavy (non-hydrogen) atoms. The average molecular weight is 347 g/mol. The number of hydrogen-bond acceptors (Lipinski definition) is 5. The van der Waals surface area contributed by atoms with Crippen molar-refractivity contribution in [1.29, 1.82) is 0 Å². The summed E-state index contributed by atoms with van der Waals surface area (Å²) in [6.07, 6.45) is 1.82. The number of hydrogen-bond donors (Lipinski definition) is 1. The van der Waals surface area contributed by atoms with Gasteiger partial charge in [0, 0.05) is 32.2 Å². The van der Waals surface area contributed by atoms with Crippen LogP contribution >= 0.6 is 12.2 Å². The van der Waals surface area contributed by atoms with Gasteiger partial charge in [-0.05, 0) is 36.0 Å². The third-order valence-electron chi connectivity index (χ3n) is 4.19. The Bertz CT molecular complexity index is 684. The lowest BCUT2D eigenvalue weighted by atomic mass is 10.1. The van der Waals surface area contributed by atoms with Crippen LogP contribution in [0.5, 0.6) is 5.75 Å². The number of morpholine rings is 1. The molecule has 0 spiro atoms. The van der Waals surface area contributed by atoms with Gasteiger partial charge in [0.2, 0.25) is 0 Å². The summed E-state index contributed by atoms with van der Waals surface area (Å²) in [5, 5.41) is 3.37. The van der Waals surface area contributed by atoms with Crippen molar-refractivity contribution < 1.29 is 14.3 Å².